The molecule has 0 spiro atoms. The summed E-state index contributed by atoms with van der Waals surface area (Å²) in [4.78, 5) is 11.5. The maximum atomic E-state index is 11.5. The smallest absolute Gasteiger partial charge is 0.335 e. The van der Waals surface area contributed by atoms with E-state index in [2.05, 4.69) is 13.8 Å². The second-order valence-electron chi connectivity index (χ2n) is 5.10. The third kappa shape index (κ3) is 9.12. The predicted octanol–water partition coefficient (Wildman–Crippen LogP) is 2.61. The average Bonchev–Trinajstić information content (AvgIpc) is 2.22. The molecule has 17 heavy (non-hydrogen) atoms. The van der Waals surface area contributed by atoms with Gasteiger partial charge in [0.05, 0.1) is 13.2 Å². The van der Waals surface area contributed by atoms with Gasteiger partial charge in [0.25, 0.3) is 0 Å². The molecule has 0 aromatic carbocycles. The van der Waals surface area contributed by atoms with Gasteiger partial charge in [0.2, 0.25) is 0 Å². The van der Waals surface area contributed by atoms with Gasteiger partial charge >= 0.3 is 5.97 Å². The van der Waals surface area contributed by atoms with Crippen molar-refractivity contribution in [3.05, 3.63) is 0 Å². The Kier molecular flexibility index (Phi) is 8.17. The Morgan fingerprint density at radius 2 is 1.47 bits per heavy atom. The SMILES string of the molecule is CC(C)COC(=O)[C@@H](C)OC(C)OCC(C)C. The zero-order valence-electron chi connectivity index (χ0n) is 11.9. The van der Waals surface area contributed by atoms with E-state index in [0.29, 0.717) is 25.0 Å². The minimum atomic E-state index is -0.587. The molecule has 0 aromatic rings. The largest absolute Gasteiger partial charge is 0.464 e. The van der Waals surface area contributed by atoms with E-state index >= 15 is 0 Å². The molecule has 0 heterocycles. The number of rotatable bonds is 8. The lowest BCUT2D eigenvalue weighted by atomic mass is 10.2. The molecule has 0 fully saturated rings. The third-order valence-electron chi connectivity index (χ3n) is 1.95. The fourth-order valence-electron chi connectivity index (χ4n) is 1.08. The summed E-state index contributed by atoms with van der Waals surface area (Å²) < 4.78 is 15.9. The van der Waals surface area contributed by atoms with Crippen molar-refractivity contribution in [1.29, 1.82) is 0 Å². The lowest BCUT2D eigenvalue weighted by molar-refractivity contribution is -0.188. The highest BCUT2D eigenvalue weighted by atomic mass is 16.7. The van der Waals surface area contributed by atoms with Crippen LogP contribution in [0.1, 0.15) is 41.5 Å². The second-order valence-corrected chi connectivity index (χ2v) is 5.10. The number of hydrogen-bond acceptors (Lipinski definition) is 4. The number of carbonyl (C=O) groups excluding carboxylic acids is 1. The van der Waals surface area contributed by atoms with Crippen molar-refractivity contribution in [3.8, 4) is 0 Å². The van der Waals surface area contributed by atoms with Crippen LogP contribution in [0.25, 0.3) is 0 Å². The first-order valence-corrected chi connectivity index (χ1v) is 6.26. The minimum absolute atomic E-state index is 0.334. The van der Waals surface area contributed by atoms with Gasteiger partial charge in [-0.3, -0.25) is 0 Å². The van der Waals surface area contributed by atoms with E-state index in [0.717, 1.165) is 0 Å². The first-order valence-electron chi connectivity index (χ1n) is 6.26. The second kappa shape index (κ2) is 8.48. The highest BCUT2D eigenvalue weighted by Crippen LogP contribution is 2.05. The molecule has 0 radical (unpaired) electrons. The van der Waals surface area contributed by atoms with Crippen molar-refractivity contribution in [1.82, 2.24) is 0 Å². The number of carbonyl (C=O) groups is 1. The Bertz CT molecular complexity index is 213. The molecule has 0 saturated heterocycles. The lowest BCUT2D eigenvalue weighted by Gasteiger charge is -2.19. The molecule has 0 rings (SSSR count). The van der Waals surface area contributed by atoms with E-state index in [1.54, 1.807) is 13.8 Å². The molecule has 102 valence electrons. The van der Waals surface area contributed by atoms with Crippen LogP contribution in [0.3, 0.4) is 0 Å². The molecular weight excluding hydrogens is 220 g/mol. The molecule has 0 N–H and O–H groups in total. The van der Waals surface area contributed by atoms with Gasteiger partial charge in [-0.25, -0.2) is 4.79 Å². The third-order valence-corrected chi connectivity index (χ3v) is 1.95. The maximum Gasteiger partial charge on any atom is 0.335 e. The van der Waals surface area contributed by atoms with Crippen LogP contribution in [-0.4, -0.2) is 31.6 Å². The van der Waals surface area contributed by atoms with Gasteiger partial charge in [-0.1, -0.05) is 27.7 Å². The van der Waals surface area contributed by atoms with E-state index < -0.39 is 6.10 Å². The molecule has 0 aliphatic heterocycles. The molecule has 0 aromatic heterocycles. The summed E-state index contributed by atoms with van der Waals surface area (Å²) in [5.74, 6) is 0.448. The van der Waals surface area contributed by atoms with Gasteiger partial charge in [0.1, 0.15) is 0 Å². The Hall–Kier alpha value is -0.610. The van der Waals surface area contributed by atoms with E-state index in [1.165, 1.54) is 0 Å². The minimum Gasteiger partial charge on any atom is -0.464 e. The maximum absolute atomic E-state index is 11.5. The summed E-state index contributed by atoms with van der Waals surface area (Å²) in [6.45, 7) is 12.6. The van der Waals surface area contributed by atoms with Crippen molar-refractivity contribution < 1.29 is 19.0 Å². The van der Waals surface area contributed by atoms with Crippen LogP contribution in [0.4, 0.5) is 0 Å². The molecule has 4 nitrogen and oxygen atoms in total. The Balaban J connectivity index is 3.82. The van der Waals surface area contributed by atoms with Crippen molar-refractivity contribution >= 4 is 5.97 Å². The van der Waals surface area contributed by atoms with Crippen molar-refractivity contribution in [3.63, 3.8) is 0 Å². The highest BCUT2D eigenvalue weighted by Gasteiger charge is 2.18. The first-order chi connectivity index (χ1) is 7.82. The Morgan fingerprint density at radius 1 is 0.941 bits per heavy atom. The van der Waals surface area contributed by atoms with Gasteiger partial charge in [-0.2, -0.15) is 0 Å². The quantitative estimate of drug-likeness (QED) is 0.488. The molecule has 4 heteroatoms. The molecule has 0 aliphatic carbocycles. The predicted molar refractivity (Wildman–Crippen MR) is 66.6 cm³/mol. The Labute approximate surface area is 105 Å². The fourth-order valence-corrected chi connectivity index (χ4v) is 1.08. The van der Waals surface area contributed by atoms with Gasteiger partial charge in [0.15, 0.2) is 12.4 Å². The summed E-state index contributed by atoms with van der Waals surface area (Å²) in [5, 5.41) is 0. The zero-order valence-corrected chi connectivity index (χ0v) is 11.9. The molecule has 0 amide bonds. The van der Waals surface area contributed by atoms with Crippen molar-refractivity contribution in [2.45, 2.75) is 53.9 Å². The van der Waals surface area contributed by atoms with Crippen LogP contribution in [0.5, 0.6) is 0 Å². The lowest BCUT2D eigenvalue weighted by Crippen LogP contribution is -2.30. The molecule has 1 unspecified atom stereocenters. The van der Waals surface area contributed by atoms with Crippen LogP contribution in [0.2, 0.25) is 0 Å². The summed E-state index contributed by atoms with van der Waals surface area (Å²) >= 11 is 0. The molecule has 0 aliphatic rings. The van der Waals surface area contributed by atoms with Gasteiger partial charge in [-0.15, -0.1) is 0 Å². The van der Waals surface area contributed by atoms with Crippen LogP contribution in [0, 0.1) is 11.8 Å². The highest BCUT2D eigenvalue weighted by molar-refractivity contribution is 5.74. The number of hydrogen-bond donors (Lipinski definition) is 0. The standard InChI is InChI=1S/C13H26O4/c1-9(2)7-15-12(6)17-11(5)13(14)16-8-10(3)4/h9-12H,7-8H2,1-6H3/t11-,12?/m1/s1. The first kappa shape index (κ1) is 16.4. The number of esters is 1. The zero-order chi connectivity index (χ0) is 13.4. The molecule has 0 saturated carbocycles. The molecular formula is C13H26O4. The van der Waals surface area contributed by atoms with Crippen LogP contribution in [0.15, 0.2) is 0 Å². The van der Waals surface area contributed by atoms with Crippen molar-refractivity contribution in [2.75, 3.05) is 13.2 Å². The van der Waals surface area contributed by atoms with E-state index in [1.807, 2.05) is 13.8 Å². The van der Waals surface area contributed by atoms with Gasteiger partial charge in [-0.05, 0) is 25.7 Å². The summed E-state index contributed by atoms with van der Waals surface area (Å²) in [7, 11) is 0. The topological polar surface area (TPSA) is 44.8 Å². The fraction of sp³-hybridized carbons (Fsp3) is 0.923. The van der Waals surface area contributed by atoms with E-state index in [-0.39, 0.29) is 12.3 Å². The number of ether oxygens (including phenoxy) is 3. The summed E-state index contributed by atoms with van der Waals surface area (Å²) in [6, 6.07) is 0. The molecule has 0 bridgehead atoms. The van der Waals surface area contributed by atoms with Gasteiger partial charge < -0.3 is 14.2 Å². The van der Waals surface area contributed by atoms with Crippen molar-refractivity contribution in [2.24, 2.45) is 11.8 Å². The van der Waals surface area contributed by atoms with Crippen LogP contribution < -0.4 is 0 Å². The monoisotopic (exact) mass is 246 g/mol. The summed E-state index contributed by atoms with van der Waals surface area (Å²) in [5.41, 5.74) is 0. The van der Waals surface area contributed by atoms with Gasteiger partial charge in [0, 0.05) is 0 Å². The van der Waals surface area contributed by atoms with E-state index in [4.69, 9.17) is 14.2 Å². The Morgan fingerprint density at radius 3 is 1.94 bits per heavy atom. The van der Waals surface area contributed by atoms with E-state index in [9.17, 15) is 4.79 Å². The molecule has 2 atom stereocenters. The normalized spacial score (nSPS) is 15.1. The van der Waals surface area contributed by atoms with Crippen LogP contribution >= 0.6 is 0 Å². The van der Waals surface area contributed by atoms with Crippen LogP contribution in [-0.2, 0) is 19.0 Å². The average molecular weight is 246 g/mol. The summed E-state index contributed by atoms with van der Waals surface area (Å²) in [6.07, 6.45) is -0.977.